The molecule has 0 unspecified atom stereocenters. The van der Waals surface area contributed by atoms with E-state index in [9.17, 15) is 0 Å². The summed E-state index contributed by atoms with van der Waals surface area (Å²) in [7, 11) is 3.30. The molecule has 96 valence electrons. The second-order valence-corrected chi connectivity index (χ2v) is 3.92. The molecule has 1 aromatic heterocycles. The van der Waals surface area contributed by atoms with Crippen LogP contribution in [0.2, 0.25) is 0 Å². The van der Waals surface area contributed by atoms with Crippen LogP contribution in [0.15, 0.2) is 30.3 Å². The first kappa shape index (κ1) is 12.4. The molecule has 0 fully saturated rings. The van der Waals surface area contributed by atoms with Crippen LogP contribution < -0.4 is 10.5 Å². The predicted molar refractivity (Wildman–Crippen MR) is 70.1 cm³/mol. The van der Waals surface area contributed by atoms with Crippen LogP contribution in [0.1, 0.15) is 5.69 Å². The van der Waals surface area contributed by atoms with E-state index in [1.807, 2.05) is 30.3 Å². The molecule has 18 heavy (non-hydrogen) atoms. The summed E-state index contributed by atoms with van der Waals surface area (Å²) in [6.45, 7) is 0.633. The van der Waals surface area contributed by atoms with E-state index < -0.39 is 0 Å². The summed E-state index contributed by atoms with van der Waals surface area (Å²) in [5.41, 5.74) is 7.75. The zero-order chi connectivity index (χ0) is 13.0. The minimum atomic E-state index is 0.606. The first-order valence-electron chi connectivity index (χ1n) is 5.72. The maximum atomic E-state index is 5.96. The van der Waals surface area contributed by atoms with E-state index in [0.29, 0.717) is 12.4 Å². The number of nitrogens with two attached hydrogens (primary N) is 1. The Morgan fingerprint density at radius 1 is 1.28 bits per heavy atom. The Morgan fingerprint density at radius 3 is 2.83 bits per heavy atom. The molecule has 0 saturated heterocycles. The van der Waals surface area contributed by atoms with Crippen molar-refractivity contribution in [2.75, 3.05) is 26.6 Å². The van der Waals surface area contributed by atoms with Crippen molar-refractivity contribution in [3.05, 3.63) is 36.0 Å². The van der Waals surface area contributed by atoms with Crippen LogP contribution >= 0.6 is 0 Å². The van der Waals surface area contributed by atoms with Gasteiger partial charge in [0, 0.05) is 25.7 Å². The number of nitrogens with zero attached hydrogens (tertiary/aromatic N) is 2. The average Bonchev–Trinajstić information content (AvgIpc) is 2.77. The highest BCUT2D eigenvalue weighted by Gasteiger charge is 2.07. The Balaban J connectivity index is 2.29. The van der Waals surface area contributed by atoms with Crippen molar-refractivity contribution in [3.8, 4) is 11.4 Å². The zero-order valence-corrected chi connectivity index (χ0v) is 10.6. The fourth-order valence-electron chi connectivity index (χ4n) is 1.72. The Kier molecular flexibility index (Phi) is 3.84. The van der Waals surface area contributed by atoms with E-state index >= 15 is 0 Å². The summed E-state index contributed by atoms with van der Waals surface area (Å²) in [5.74, 6) is 1.38. The molecule has 0 aliphatic rings. The maximum Gasteiger partial charge on any atom is 0.127 e. The number of benzene rings is 1. The van der Waals surface area contributed by atoms with Gasteiger partial charge in [0.15, 0.2) is 0 Å². The highest BCUT2D eigenvalue weighted by atomic mass is 16.5. The minimum absolute atomic E-state index is 0.606. The molecule has 0 saturated carbocycles. The summed E-state index contributed by atoms with van der Waals surface area (Å²) in [6, 6.07) is 9.48. The number of anilines is 1. The van der Waals surface area contributed by atoms with Gasteiger partial charge in [0.1, 0.15) is 11.6 Å². The van der Waals surface area contributed by atoms with E-state index in [-0.39, 0.29) is 0 Å². The van der Waals surface area contributed by atoms with Gasteiger partial charge in [-0.25, -0.2) is 4.68 Å². The van der Waals surface area contributed by atoms with Gasteiger partial charge in [0.05, 0.1) is 25.1 Å². The van der Waals surface area contributed by atoms with Crippen molar-refractivity contribution >= 4 is 5.82 Å². The van der Waals surface area contributed by atoms with Gasteiger partial charge in [-0.3, -0.25) is 0 Å². The van der Waals surface area contributed by atoms with Crippen LogP contribution in [-0.4, -0.2) is 30.6 Å². The SMILES string of the molecule is COCCc1cc(N)n(-c2cccc(OC)c2)n1. The average molecular weight is 247 g/mol. The number of rotatable bonds is 5. The fourth-order valence-corrected chi connectivity index (χ4v) is 1.72. The lowest BCUT2D eigenvalue weighted by Crippen LogP contribution is -2.02. The van der Waals surface area contributed by atoms with Crippen molar-refractivity contribution in [3.63, 3.8) is 0 Å². The molecular formula is C13H17N3O2. The van der Waals surface area contributed by atoms with Crippen LogP contribution in [0.5, 0.6) is 5.75 Å². The second-order valence-electron chi connectivity index (χ2n) is 3.92. The summed E-state index contributed by atoms with van der Waals surface area (Å²) in [4.78, 5) is 0. The van der Waals surface area contributed by atoms with Crippen LogP contribution in [0, 0.1) is 0 Å². The van der Waals surface area contributed by atoms with Gasteiger partial charge in [-0.1, -0.05) is 6.07 Å². The molecule has 0 aliphatic carbocycles. The van der Waals surface area contributed by atoms with E-state index in [4.69, 9.17) is 15.2 Å². The first-order chi connectivity index (χ1) is 8.74. The highest BCUT2D eigenvalue weighted by molar-refractivity contribution is 5.46. The smallest absolute Gasteiger partial charge is 0.127 e. The quantitative estimate of drug-likeness (QED) is 0.872. The van der Waals surface area contributed by atoms with Crippen molar-refractivity contribution in [1.82, 2.24) is 9.78 Å². The number of hydrogen-bond donors (Lipinski definition) is 1. The normalized spacial score (nSPS) is 10.6. The minimum Gasteiger partial charge on any atom is -0.497 e. The lowest BCUT2D eigenvalue weighted by Gasteiger charge is -2.06. The molecular weight excluding hydrogens is 230 g/mol. The molecule has 0 bridgehead atoms. The second kappa shape index (κ2) is 5.55. The molecule has 2 rings (SSSR count). The molecule has 1 aromatic carbocycles. The van der Waals surface area contributed by atoms with Crippen LogP contribution in [0.25, 0.3) is 5.69 Å². The predicted octanol–water partition coefficient (Wildman–Crippen LogP) is 1.65. The Hall–Kier alpha value is -2.01. The molecule has 0 aliphatic heterocycles. The Morgan fingerprint density at radius 2 is 2.11 bits per heavy atom. The van der Waals surface area contributed by atoms with Crippen molar-refractivity contribution in [2.24, 2.45) is 0 Å². The number of ether oxygens (including phenoxy) is 2. The van der Waals surface area contributed by atoms with Crippen molar-refractivity contribution in [1.29, 1.82) is 0 Å². The number of methoxy groups -OCH3 is 2. The van der Waals surface area contributed by atoms with Gasteiger partial charge in [0.2, 0.25) is 0 Å². The van der Waals surface area contributed by atoms with E-state index in [1.54, 1.807) is 18.9 Å². The van der Waals surface area contributed by atoms with Gasteiger partial charge in [-0.15, -0.1) is 0 Å². The Labute approximate surface area is 106 Å². The van der Waals surface area contributed by atoms with Gasteiger partial charge >= 0.3 is 0 Å². The van der Waals surface area contributed by atoms with Gasteiger partial charge < -0.3 is 15.2 Å². The monoisotopic (exact) mass is 247 g/mol. The standard InChI is InChI=1S/C13H17N3O2/c1-17-7-6-10-8-13(14)16(15-10)11-4-3-5-12(9-11)18-2/h3-5,8-9H,6-7,14H2,1-2H3. The molecule has 5 nitrogen and oxygen atoms in total. The van der Waals surface area contributed by atoms with Crippen molar-refractivity contribution in [2.45, 2.75) is 6.42 Å². The maximum absolute atomic E-state index is 5.96. The summed E-state index contributed by atoms with van der Waals surface area (Å²) in [6.07, 6.45) is 0.748. The number of hydrogen-bond acceptors (Lipinski definition) is 4. The third kappa shape index (κ3) is 2.62. The largest absolute Gasteiger partial charge is 0.497 e. The third-order valence-electron chi connectivity index (χ3n) is 2.65. The van der Waals surface area contributed by atoms with E-state index in [2.05, 4.69) is 5.10 Å². The molecule has 0 radical (unpaired) electrons. The number of aromatic nitrogens is 2. The van der Waals surface area contributed by atoms with Crippen molar-refractivity contribution < 1.29 is 9.47 Å². The first-order valence-corrected chi connectivity index (χ1v) is 5.72. The summed E-state index contributed by atoms with van der Waals surface area (Å²) in [5, 5.41) is 4.45. The molecule has 0 atom stereocenters. The highest BCUT2D eigenvalue weighted by Crippen LogP contribution is 2.19. The van der Waals surface area contributed by atoms with E-state index in [0.717, 1.165) is 23.6 Å². The summed E-state index contributed by atoms with van der Waals surface area (Å²) >= 11 is 0. The topological polar surface area (TPSA) is 62.3 Å². The molecule has 1 heterocycles. The van der Waals surface area contributed by atoms with E-state index in [1.165, 1.54) is 0 Å². The van der Waals surface area contributed by atoms with Gasteiger partial charge in [-0.2, -0.15) is 5.10 Å². The molecule has 0 spiro atoms. The molecule has 2 aromatic rings. The van der Waals surface area contributed by atoms with Gasteiger partial charge in [0.25, 0.3) is 0 Å². The summed E-state index contributed by atoms with van der Waals surface area (Å²) < 4.78 is 11.9. The third-order valence-corrected chi connectivity index (χ3v) is 2.65. The lowest BCUT2D eigenvalue weighted by atomic mass is 10.3. The van der Waals surface area contributed by atoms with Crippen LogP contribution in [0.3, 0.4) is 0 Å². The molecule has 0 amide bonds. The van der Waals surface area contributed by atoms with Gasteiger partial charge in [-0.05, 0) is 12.1 Å². The Bertz CT molecular complexity index is 523. The fraction of sp³-hybridized carbons (Fsp3) is 0.308. The lowest BCUT2D eigenvalue weighted by molar-refractivity contribution is 0.201. The van der Waals surface area contributed by atoms with Crippen LogP contribution in [0.4, 0.5) is 5.82 Å². The van der Waals surface area contributed by atoms with Crippen LogP contribution in [-0.2, 0) is 11.2 Å². The zero-order valence-electron chi connectivity index (χ0n) is 10.6. The number of nitrogen functional groups attached to an aromatic ring is 1. The molecule has 5 heteroatoms. The molecule has 2 N–H and O–H groups in total.